The summed E-state index contributed by atoms with van der Waals surface area (Å²) in [5.74, 6) is 0.754. The Balaban J connectivity index is 2.25. The summed E-state index contributed by atoms with van der Waals surface area (Å²) in [5.41, 5.74) is 0. The maximum atomic E-state index is 10.9. The minimum atomic E-state index is -3.11. The topological polar surface area (TPSA) is 87.5 Å². The van der Waals surface area contributed by atoms with Crippen LogP contribution in [0.4, 0.5) is 0 Å². The number of nitrogens with zero attached hydrogens (tertiary/aromatic N) is 2. The Kier molecular flexibility index (Phi) is 7.84. The molecule has 0 unspecified atom stereocenters. The molecule has 7 nitrogen and oxygen atoms in total. The summed E-state index contributed by atoms with van der Waals surface area (Å²) in [6, 6.07) is 3.99. The Morgan fingerprint density at radius 3 is 2.52 bits per heavy atom. The highest BCUT2D eigenvalue weighted by molar-refractivity contribution is 7.88. The van der Waals surface area contributed by atoms with Crippen molar-refractivity contribution in [3.05, 3.63) is 24.5 Å². The molecule has 120 valence electrons. The van der Waals surface area contributed by atoms with Gasteiger partial charge in [0.15, 0.2) is 5.96 Å². The summed E-state index contributed by atoms with van der Waals surface area (Å²) >= 11 is 0. The van der Waals surface area contributed by atoms with Crippen LogP contribution in [0.1, 0.15) is 13.3 Å². The average Bonchev–Trinajstić information content (AvgIpc) is 2.90. The summed E-state index contributed by atoms with van der Waals surface area (Å²) in [5, 5.41) is 6.41. The minimum Gasteiger partial charge on any atom is -0.357 e. The van der Waals surface area contributed by atoms with Gasteiger partial charge in [0.1, 0.15) is 0 Å². The fourth-order valence-electron chi connectivity index (χ4n) is 1.69. The second-order valence-corrected chi connectivity index (χ2v) is 6.46. The summed E-state index contributed by atoms with van der Waals surface area (Å²) in [4.78, 5) is 4.40. The van der Waals surface area contributed by atoms with Crippen LogP contribution in [0.15, 0.2) is 29.5 Å². The summed E-state index contributed by atoms with van der Waals surface area (Å²) in [6.07, 6.45) is 5.86. The summed E-state index contributed by atoms with van der Waals surface area (Å²) < 4.78 is 26.4. The van der Waals surface area contributed by atoms with Gasteiger partial charge in [-0.1, -0.05) is 0 Å². The van der Waals surface area contributed by atoms with Crippen LogP contribution < -0.4 is 15.4 Å². The van der Waals surface area contributed by atoms with E-state index in [2.05, 4.69) is 24.9 Å². The van der Waals surface area contributed by atoms with Crippen molar-refractivity contribution >= 4 is 16.0 Å². The molecule has 0 aliphatic heterocycles. The van der Waals surface area contributed by atoms with Gasteiger partial charge in [0.2, 0.25) is 10.0 Å². The van der Waals surface area contributed by atoms with Crippen molar-refractivity contribution < 1.29 is 8.42 Å². The maximum Gasteiger partial charge on any atom is 0.208 e. The predicted octanol–water partition coefficient (Wildman–Crippen LogP) is -0.0175. The van der Waals surface area contributed by atoms with Crippen molar-refractivity contribution in [3.8, 4) is 0 Å². The van der Waals surface area contributed by atoms with Crippen molar-refractivity contribution in [3.63, 3.8) is 0 Å². The molecule has 0 fully saturated rings. The van der Waals surface area contributed by atoms with E-state index in [1.807, 2.05) is 31.5 Å². The van der Waals surface area contributed by atoms with Gasteiger partial charge in [0.05, 0.1) is 6.26 Å². The number of aromatic nitrogens is 1. The van der Waals surface area contributed by atoms with Gasteiger partial charge in [0, 0.05) is 45.1 Å². The van der Waals surface area contributed by atoms with Crippen LogP contribution in [-0.2, 0) is 16.6 Å². The Bertz CT molecular complexity index is 511. The first kappa shape index (κ1) is 17.5. The molecular weight excluding hydrogens is 290 g/mol. The molecule has 0 aliphatic carbocycles. The molecule has 1 heterocycles. The molecule has 0 bridgehead atoms. The number of aliphatic imine (C=N–C) groups is 1. The molecule has 1 rings (SSSR count). The molecule has 0 saturated heterocycles. The number of hydrogen-bond donors (Lipinski definition) is 3. The van der Waals surface area contributed by atoms with E-state index in [1.165, 1.54) is 0 Å². The fourth-order valence-corrected chi connectivity index (χ4v) is 2.21. The van der Waals surface area contributed by atoms with Crippen LogP contribution in [0.2, 0.25) is 0 Å². The zero-order chi connectivity index (χ0) is 15.6. The Labute approximate surface area is 126 Å². The van der Waals surface area contributed by atoms with Gasteiger partial charge in [-0.2, -0.15) is 0 Å². The van der Waals surface area contributed by atoms with Crippen LogP contribution in [-0.4, -0.2) is 51.4 Å². The van der Waals surface area contributed by atoms with Crippen molar-refractivity contribution in [2.45, 2.75) is 19.9 Å². The van der Waals surface area contributed by atoms with E-state index in [0.29, 0.717) is 19.5 Å². The van der Waals surface area contributed by atoms with Crippen LogP contribution >= 0.6 is 0 Å². The first-order valence-electron chi connectivity index (χ1n) is 7.09. The average molecular weight is 315 g/mol. The number of nitrogens with one attached hydrogen (secondary N) is 3. The molecule has 0 saturated carbocycles. The fraction of sp³-hybridized carbons (Fsp3) is 0.615. The lowest BCUT2D eigenvalue weighted by molar-refractivity contribution is 0.585. The van der Waals surface area contributed by atoms with Crippen molar-refractivity contribution in [1.82, 2.24) is 19.9 Å². The van der Waals surface area contributed by atoms with Gasteiger partial charge in [-0.05, 0) is 25.5 Å². The third kappa shape index (κ3) is 9.09. The Hall–Kier alpha value is -1.54. The molecular formula is C13H25N5O2S. The van der Waals surface area contributed by atoms with Crippen molar-refractivity contribution in [1.29, 1.82) is 0 Å². The second kappa shape index (κ2) is 9.41. The predicted molar refractivity (Wildman–Crippen MR) is 85.9 cm³/mol. The molecule has 1 aromatic heterocycles. The smallest absolute Gasteiger partial charge is 0.208 e. The van der Waals surface area contributed by atoms with Gasteiger partial charge in [-0.25, -0.2) is 13.1 Å². The molecule has 1 aromatic rings. The molecule has 0 amide bonds. The number of sulfonamides is 1. The van der Waals surface area contributed by atoms with Gasteiger partial charge in [-0.3, -0.25) is 4.99 Å². The van der Waals surface area contributed by atoms with Crippen LogP contribution in [0, 0.1) is 0 Å². The first-order valence-corrected chi connectivity index (χ1v) is 8.98. The largest absolute Gasteiger partial charge is 0.357 e. The van der Waals surface area contributed by atoms with E-state index in [4.69, 9.17) is 0 Å². The van der Waals surface area contributed by atoms with E-state index in [1.54, 1.807) is 0 Å². The van der Waals surface area contributed by atoms with Crippen molar-refractivity contribution in [2.75, 3.05) is 32.4 Å². The molecule has 0 aromatic carbocycles. The normalized spacial score (nSPS) is 12.4. The van der Waals surface area contributed by atoms with E-state index in [0.717, 1.165) is 31.8 Å². The molecule has 0 atom stereocenters. The highest BCUT2D eigenvalue weighted by Gasteiger charge is 1.99. The zero-order valence-corrected chi connectivity index (χ0v) is 13.5. The molecule has 0 spiro atoms. The summed E-state index contributed by atoms with van der Waals surface area (Å²) in [6.45, 7) is 5.42. The Morgan fingerprint density at radius 2 is 1.90 bits per heavy atom. The van der Waals surface area contributed by atoms with Crippen LogP contribution in [0.3, 0.4) is 0 Å². The third-order valence-corrected chi connectivity index (χ3v) is 3.37. The highest BCUT2D eigenvalue weighted by atomic mass is 32.2. The minimum absolute atomic E-state index is 0.408. The lowest BCUT2D eigenvalue weighted by Gasteiger charge is -2.11. The SMILES string of the molecule is CCNC(=NCCCNS(C)(=O)=O)NCCn1cccc1. The standard InChI is InChI=1S/C13H25N5O2S/c1-3-14-13(15-7-6-8-17-21(2,19)20)16-9-12-18-10-4-5-11-18/h4-5,10-11,17H,3,6-9,12H2,1-2H3,(H2,14,15,16). The van der Waals surface area contributed by atoms with Crippen LogP contribution in [0.5, 0.6) is 0 Å². The van der Waals surface area contributed by atoms with Crippen LogP contribution in [0.25, 0.3) is 0 Å². The highest BCUT2D eigenvalue weighted by Crippen LogP contribution is 1.88. The van der Waals surface area contributed by atoms with Crippen molar-refractivity contribution in [2.24, 2.45) is 4.99 Å². The Morgan fingerprint density at radius 1 is 1.19 bits per heavy atom. The first-order chi connectivity index (χ1) is 10.0. The van der Waals surface area contributed by atoms with E-state index >= 15 is 0 Å². The maximum absolute atomic E-state index is 10.9. The second-order valence-electron chi connectivity index (χ2n) is 4.63. The molecule has 0 radical (unpaired) electrons. The molecule has 3 N–H and O–H groups in total. The van der Waals surface area contributed by atoms with Gasteiger partial charge in [0.25, 0.3) is 0 Å². The molecule has 8 heteroatoms. The lowest BCUT2D eigenvalue weighted by Crippen LogP contribution is -2.39. The number of guanidine groups is 1. The third-order valence-electron chi connectivity index (χ3n) is 2.64. The zero-order valence-electron chi connectivity index (χ0n) is 12.7. The monoisotopic (exact) mass is 315 g/mol. The summed E-state index contributed by atoms with van der Waals surface area (Å²) in [7, 11) is -3.11. The lowest BCUT2D eigenvalue weighted by atomic mass is 10.4. The molecule has 0 aliphatic rings. The molecule has 21 heavy (non-hydrogen) atoms. The quantitative estimate of drug-likeness (QED) is 0.340. The number of hydrogen-bond acceptors (Lipinski definition) is 3. The van der Waals surface area contributed by atoms with Gasteiger partial charge >= 0.3 is 0 Å². The van der Waals surface area contributed by atoms with Gasteiger partial charge < -0.3 is 15.2 Å². The number of rotatable bonds is 9. The van der Waals surface area contributed by atoms with Gasteiger partial charge in [-0.15, -0.1) is 0 Å². The van der Waals surface area contributed by atoms with E-state index < -0.39 is 10.0 Å². The van der Waals surface area contributed by atoms with E-state index in [9.17, 15) is 8.42 Å². The van der Waals surface area contributed by atoms with E-state index in [-0.39, 0.29) is 0 Å².